The van der Waals surface area contributed by atoms with Gasteiger partial charge in [-0.05, 0) is 18.2 Å². The molecule has 90 valence electrons. The maximum atomic E-state index is 10.8. The third-order valence-corrected chi connectivity index (χ3v) is 2.63. The van der Waals surface area contributed by atoms with Gasteiger partial charge in [-0.25, -0.2) is 9.59 Å². The molecule has 0 aliphatic heterocycles. The number of carboxylic acids is 2. The monoisotopic (exact) mass is 257 g/mol. The first-order valence-corrected chi connectivity index (χ1v) is 5.25. The van der Waals surface area contributed by atoms with E-state index < -0.39 is 38.1 Å². The van der Waals surface area contributed by atoms with Crippen LogP contribution in [0.5, 0.6) is 0 Å². The van der Waals surface area contributed by atoms with Crippen molar-refractivity contribution in [1.82, 2.24) is 0 Å². The SMILES string of the molecule is O=C(O)c1ccc(C(=O)O)c(S(=O)(=O)O)c1.[BeH2]. The second-order valence-electron chi connectivity index (χ2n) is 2.80. The van der Waals surface area contributed by atoms with Crippen molar-refractivity contribution in [2.45, 2.75) is 4.90 Å². The van der Waals surface area contributed by atoms with E-state index in [-0.39, 0.29) is 10.1 Å². The fraction of sp³-hybridized carbons (Fsp3) is 0. The summed E-state index contributed by atoms with van der Waals surface area (Å²) in [6.07, 6.45) is 0. The van der Waals surface area contributed by atoms with Gasteiger partial charge in [0.2, 0.25) is 0 Å². The second kappa shape index (κ2) is 5.05. The van der Waals surface area contributed by atoms with Gasteiger partial charge in [-0.3, -0.25) is 4.55 Å². The normalized spacial score (nSPS) is 10.4. The molecule has 0 aliphatic carbocycles. The number of carboxylic acid groups (broad SMARTS) is 2. The van der Waals surface area contributed by atoms with E-state index in [1.807, 2.05) is 0 Å². The number of hydrogen-bond acceptors (Lipinski definition) is 4. The molecule has 0 aromatic heterocycles. The first-order valence-electron chi connectivity index (χ1n) is 3.81. The van der Waals surface area contributed by atoms with Crippen LogP contribution in [-0.4, -0.2) is 45.2 Å². The van der Waals surface area contributed by atoms with Crippen LogP contribution in [-0.2, 0) is 10.1 Å². The number of hydrogen-bond donors (Lipinski definition) is 3. The van der Waals surface area contributed by atoms with Crippen LogP contribution < -0.4 is 0 Å². The Kier molecular flexibility index (Phi) is 4.52. The van der Waals surface area contributed by atoms with Crippen LogP contribution in [0.3, 0.4) is 0 Å². The number of benzene rings is 1. The Hall–Kier alpha value is -1.76. The summed E-state index contributed by atoms with van der Waals surface area (Å²) in [5, 5.41) is 17.2. The Morgan fingerprint density at radius 1 is 1.06 bits per heavy atom. The fourth-order valence-corrected chi connectivity index (χ4v) is 1.75. The van der Waals surface area contributed by atoms with Crippen LogP contribution in [0, 0.1) is 0 Å². The Labute approximate surface area is 99.7 Å². The first-order chi connectivity index (χ1) is 7.23. The predicted molar refractivity (Wildman–Crippen MR) is 58.7 cm³/mol. The molecule has 0 bridgehead atoms. The molecule has 0 saturated heterocycles. The Morgan fingerprint density at radius 2 is 1.59 bits per heavy atom. The van der Waals surface area contributed by atoms with E-state index in [1.165, 1.54) is 0 Å². The fourth-order valence-electron chi connectivity index (χ4n) is 1.05. The molecule has 0 radical (unpaired) electrons. The maximum absolute atomic E-state index is 10.8. The molecular weight excluding hydrogens is 249 g/mol. The van der Waals surface area contributed by atoms with Crippen molar-refractivity contribution < 1.29 is 32.8 Å². The van der Waals surface area contributed by atoms with E-state index in [9.17, 15) is 18.0 Å². The van der Waals surface area contributed by atoms with Crippen LogP contribution in [0.2, 0.25) is 0 Å². The number of aromatic carboxylic acids is 2. The zero-order chi connectivity index (χ0) is 12.5. The zero-order valence-electron chi connectivity index (χ0n) is 7.61. The third kappa shape index (κ3) is 3.35. The molecule has 0 unspecified atom stereocenters. The summed E-state index contributed by atoms with van der Waals surface area (Å²) in [5.41, 5.74) is -1.12. The summed E-state index contributed by atoms with van der Waals surface area (Å²) in [4.78, 5) is 20.2. The van der Waals surface area contributed by atoms with Crippen LogP contribution in [0.25, 0.3) is 0 Å². The van der Waals surface area contributed by atoms with Gasteiger partial charge >= 0.3 is 22.1 Å². The molecule has 0 spiro atoms. The van der Waals surface area contributed by atoms with Crippen molar-refractivity contribution in [3.63, 3.8) is 0 Å². The van der Waals surface area contributed by atoms with Crippen LogP contribution in [0.1, 0.15) is 20.7 Å². The first kappa shape index (κ1) is 15.2. The van der Waals surface area contributed by atoms with E-state index in [2.05, 4.69) is 0 Å². The van der Waals surface area contributed by atoms with Gasteiger partial charge in [0.25, 0.3) is 10.1 Å². The predicted octanol–water partition coefficient (Wildman–Crippen LogP) is -0.586. The van der Waals surface area contributed by atoms with Crippen molar-refractivity contribution in [3.8, 4) is 0 Å². The van der Waals surface area contributed by atoms with Crippen molar-refractivity contribution in [3.05, 3.63) is 29.3 Å². The zero-order valence-corrected chi connectivity index (χ0v) is 8.43. The van der Waals surface area contributed by atoms with Gasteiger partial charge in [0.1, 0.15) is 4.90 Å². The van der Waals surface area contributed by atoms with E-state index in [4.69, 9.17) is 14.8 Å². The molecule has 3 N–H and O–H groups in total. The summed E-state index contributed by atoms with van der Waals surface area (Å²) in [6, 6.07) is 2.32. The van der Waals surface area contributed by atoms with Gasteiger partial charge in [-0.1, -0.05) is 0 Å². The molecule has 1 aromatic carbocycles. The minimum absolute atomic E-state index is 0. The summed E-state index contributed by atoms with van der Waals surface area (Å²) >= 11 is 0. The number of carbonyl (C=O) groups is 2. The Bertz CT molecular complexity index is 563. The summed E-state index contributed by atoms with van der Waals surface area (Å²) in [6.45, 7) is 0. The molecule has 7 nitrogen and oxygen atoms in total. The topological polar surface area (TPSA) is 129 Å². The van der Waals surface area contributed by atoms with Gasteiger partial charge in [-0.2, -0.15) is 8.42 Å². The third-order valence-electron chi connectivity index (χ3n) is 1.74. The van der Waals surface area contributed by atoms with Gasteiger partial charge in [0.15, 0.2) is 0 Å². The molecule has 17 heavy (non-hydrogen) atoms. The van der Waals surface area contributed by atoms with E-state index in [1.54, 1.807) is 0 Å². The quantitative estimate of drug-likeness (QED) is 0.487. The van der Waals surface area contributed by atoms with E-state index in [0.29, 0.717) is 6.07 Å². The molecule has 0 saturated carbocycles. The Balaban J connectivity index is 0.00000256. The van der Waals surface area contributed by atoms with Crippen molar-refractivity contribution >= 4 is 32.2 Å². The van der Waals surface area contributed by atoms with Gasteiger partial charge in [-0.15, -0.1) is 0 Å². The van der Waals surface area contributed by atoms with Crippen LogP contribution >= 0.6 is 0 Å². The summed E-state index contributed by atoms with van der Waals surface area (Å²) < 4.78 is 30.4. The van der Waals surface area contributed by atoms with Crippen LogP contribution in [0.4, 0.5) is 0 Å². The molecular formula is C8H8BeO7S. The summed E-state index contributed by atoms with van der Waals surface area (Å²) in [5.74, 6) is -3.01. The van der Waals surface area contributed by atoms with Gasteiger partial charge in [0.05, 0.1) is 11.1 Å². The van der Waals surface area contributed by atoms with Gasteiger partial charge < -0.3 is 10.2 Å². The second-order valence-corrected chi connectivity index (χ2v) is 4.19. The standard InChI is InChI=1S/C8H6O7S.Be.2H/c9-7(10)4-1-2-5(8(11)12)6(3-4)16(13,14)15;;;/h1-3H,(H,9,10)(H,11,12)(H,13,14,15);;;. The van der Waals surface area contributed by atoms with E-state index in [0.717, 1.165) is 12.1 Å². The molecule has 9 heteroatoms. The average molecular weight is 257 g/mol. The van der Waals surface area contributed by atoms with Crippen molar-refractivity contribution in [2.24, 2.45) is 0 Å². The minimum atomic E-state index is -4.78. The van der Waals surface area contributed by atoms with Crippen molar-refractivity contribution in [2.75, 3.05) is 0 Å². The molecule has 1 aromatic rings. The molecule has 1 rings (SSSR count). The summed E-state index contributed by atoms with van der Waals surface area (Å²) in [7, 11) is -4.78. The van der Waals surface area contributed by atoms with Gasteiger partial charge in [0, 0.05) is 0 Å². The van der Waals surface area contributed by atoms with Crippen LogP contribution in [0.15, 0.2) is 23.1 Å². The Morgan fingerprint density at radius 3 is 1.94 bits per heavy atom. The molecule has 0 heterocycles. The number of rotatable bonds is 3. The molecule has 0 aliphatic rings. The molecule has 0 fully saturated rings. The molecule has 0 amide bonds. The molecule has 0 atom stereocenters. The van der Waals surface area contributed by atoms with E-state index >= 15 is 0 Å². The van der Waals surface area contributed by atoms with Crippen molar-refractivity contribution in [1.29, 1.82) is 0 Å². The average Bonchev–Trinajstić information content (AvgIpc) is 2.15.